The number of rotatable bonds is 4. The van der Waals surface area contributed by atoms with Crippen molar-refractivity contribution in [1.82, 2.24) is 9.13 Å². The highest BCUT2D eigenvalue weighted by molar-refractivity contribution is 7.17. The second kappa shape index (κ2) is 7.76. The summed E-state index contributed by atoms with van der Waals surface area (Å²) in [5.41, 5.74) is 3.73. The summed E-state index contributed by atoms with van der Waals surface area (Å²) in [4.78, 5) is 39.0. The van der Waals surface area contributed by atoms with Gasteiger partial charge in [0.15, 0.2) is 0 Å². The molecule has 0 unspecified atom stereocenters. The SMILES string of the molecule is Cc1cccc(-n2c(=O)c3sccc3n(CC(=O)Nc3ccc(C)cc3C)c2=O)c1. The molecule has 2 aromatic heterocycles. The molecule has 1 amide bonds. The van der Waals surface area contributed by atoms with Crippen LogP contribution >= 0.6 is 11.3 Å². The molecule has 152 valence electrons. The Balaban J connectivity index is 1.79. The van der Waals surface area contributed by atoms with Gasteiger partial charge in [-0.25, -0.2) is 9.36 Å². The molecule has 1 N–H and O–H groups in total. The number of nitrogens with one attached hydrogen (secondary N) is 1. The van der Waals surface area contributed by atoms with E-state index >= 15 is 0 Å². The predicted octanol–water partition coefficient (Wildman–Crippen LogP) is 3.78. The third-order valence-corrected chi connectivity index (χ3v) is 5.86. The van der Waals surface area contributed by atoms with E-state index in [-0.39, 0.29) is 18.0 Å². The number of nitrogens with zero attached hydrogens (tertiary/aromatic N) is 2. The molecule has 4 aromatic rings. The average molecular weight is 420 g/mol. The molecule has 0 aliphatic carbocycles. The Morgan fingerprint density at radius 2 is 1.77 bits per heavy atom. The second-order valence-corrected chi connectivity index (χ2v) is 8.27. The third kappa shape index (κ3) is 3.59. The molecule has 2 heterocycles. The maximum atomic E-state index is 13.3. The van der Waals surface area contributed by atoms with Crippen molar-refractivity contribution in [3.8, 4) is 5.69 Å². The molecule has 0 radical (unpaired) electrons. The van der Waals surface area contributed by atoms with Crippen LogP contribution < -0.4 is 16.6 Å². The molecule has 0 saturated carbocycles. The first kappa shape index (κ1) is 19.8. The van der Waals surface area contributed by atoms with E-state index in [1.165, 1.54) is 15.9 Å². The van der Waals surface area contributed by atoms with Crippen molar-refractivity contribution in [3.63, 3.8) is 0 Å². The number of anilines is 1. The Morgan fingerprint density at radius 1 is 1.00 bits per heavy atom. The van der Waals surface area contributed by atoms with Crippen LogP contribution in [0.5, 0.6) is 0 Å². The topological polar surface area (TPSA) is 73.1 Å². The van der Waals surface area contributed by atoms with E-state index in [9.17, 15) is 14.4 Å². The maximum absolute atomic E-state index is 13.3. The van der Waals surface area contributed by atoms with Crippen LogP contribution in [0, 0.1) is 20.8 Å². The number of carbonyl (C=O) groups excluding carboxylic acids is 1. The zero-order valence-electron chi connectivity index (χ0n) is 16.9. The van der Waals surface area contributed by atoms with Gasteiger partial charge >= 0.3 is 5.69 Å². The van der Waals surface area contributed by atoms with Crippen LogP contribution in [-0.2, 0) is 11.3 Å². The van der Waals surface area contributed by atoms with E-state index in [1.807, 2.05) is 45.0 Å². The number of aryl methyl sites for hydroxylation is 3. The Kier molecular flexibility index (Phi) is 5.13. The van der Waals surface area contributed by atoms with Gasteiger partial charge in [0.05, 0.1) is 11.2 Å². The summed E-state index contributed by atoms with van der Waals surface area (Å²) in [5, 5.41) is 4.62. The third-order valence-electron chi connectivity index (χ3n) is 4.97. The van der Waals surface area contributed by atoms with Crippen molar-refractivity contribution >= 4 is 33.1 Å². The summed E-state index contributed by atoms with van der Waals surface area (Å²) in [5.74, 6) is -0.328. The van der Waals surface area contributed by atoms with Crippen LogP contribution in [0.2, 0.25) is 0 Å². The lowest BCUT2D eigenvalue weighted by Gasteiger charge is -2.14. The number of fused-ring (bicyclic) bond motifs is 1. The highest BCUT2D eigenvalue weighted by Crippen LogP contribution is 2.18. The number of benzene rings is 2. The highest BCUT2D eigenvalue weighted by atomic mass is 32.1. The van der Waals surface area contributed by atoms with Crippen LogP contribution in [0.4, 0.5) is 5.69 Å². The summed E-state index contributed by atoms with van der Waals surface area (Å²) in [6.45, 7) is 5.61. The summed E-state index contributed by atoms with van der Waals surface area (Å²) < 4.78 is 2.93. The van der Waals surface area contributed by atoms with Gasteiger partial charge in [-0.05, 0) is 61.5 Å². The van der Waals surface area contributed by atoms with Gasteiger partial charge in [-0.15, -0.1) is 11.3 Å². The number of hydrogen-bond acceptors (Lipinski definition) is 4. The molecule has 30 heavy (non-hydrogen) atoms. The summed E-state index contributed by atoms with van der Waals surface area (Å²) in [6.07, 6.45) is 0. The van der Waals surface area contributed by atoms with E-state index in [0.29, 0.717) is 21.6 Å². The summed E-state index contributed by atoms with van der Waals surface area (Å²) in [7, 11) is 0. The minimum atomic E-state index is -0.535. The molecule has 7 heteroatoms. The number of amides is 1. The lowest BCUT2D eigenvalue weighted by atomic mass is 10.1. The molecular formula is C23H21N3O3S. The first-order valence-electron chi connectivity index (χ1n) is 9.52. The fourth-order valence-electron chi connectivity index (χ4n) is 3.52. The minimum absolute atomic E-state index is 0.189. The van der Waals surface area contributed by atoms with Gasteiger partial charge in [0.2, 0.25) is 5.91 Å². The van der Waals surface area contributed by atoms with Crippen molar-refractivity contribution in [3.05, 3.63) is 91.4 Å². The van der Waals surface area contributed by atoms with Gasteiger partial charge in [-0.2, -0.15) is 0 Å². The lowest BCUT2D eigenvalue weighted by molar-refractivity contribution is -0.116. The molecule has 0 spiro atoms. The van der Waals surface area contributed by atoms with Crippen LogP contribution in [0.25, 0.3) is 15.9 Å². The monoisotopic (exact) mass is 419 g/mol. The van der Waals surface area contributed by atoms with Gasteiger partial charge in [0.25, 0.3) is 5.56 Å². The van der Waals surface area contributed by atoms with Crippen molar-refractivity contribution < 1.29 is 4.79 Å². The Bertz CT molecular complexity index is 1400. The Morgan fingerprint density at radius 3 is 2.50 bits per heavy atom. The first-order chi connectivity index (χ1) is 14.3. The van der Waals surface area contributed by atoms with Crippen LogP contribution in [0.1, 0.15) is 16.7 Å². The molecule has 0 bridgehead atoms. The quantitative estimate of drug-likeness (QED) is 0.547. The average Bonchev–Trinajstić information content (AvgIpc) is 3.18. The Labute approximate surface area is 177 Å². The fraction of sp³-hybridized carbons (Fsp3) is 0.174. The summed E-state index contributed by atoms with van der Waals surface area (Å²) in [6, 6.07) is 14.6. The number of aromatic nitrogens is 2. The highest BCUT2D eigenvalue weighted by Gasteiger charge is 2.18. The zero-order valence-corrected chi connectivity index (χ0v) is 17.7. The van der Waals surface area contributed by atoms with Crippen molar-refractivity contribution in [1.29, 1.82) is 0 Å². The zero-order chi connectivity index (χ0) is 21.4. The summed E-state index contributed by atoms with van der Waals surface area (Å²) >= 11 is 1.26. The van der Waals surface area contributed by atoms with Crippen LogP contribution in [-0.4, -0.2) is 15.0 Å². The molecule has 0 fully saturated rings. The molecule has 0 atom stereocenters. The predicted molar refractivity (Wildman–Crippen MR) is 121 cm³/mol. The first-order valence-corrected chi connectivity index (χ1v) is 10.4. The van der Waals surface area contributed by atoms with Gasteiger partial charge < -0.3 is 5.32 Å². The van der Waals surface area contributed by atoms with E-state index in [0.717, 1.165) is 21.3 Å². The van der Waals surface area contributed by atoms with Gasteiger partial charge in [-0.3, -0.25) is 14.2 Å². The van der Waals surface area contributed by atoms with Crippen LogP contribution in [0.15, 0.2) is 63.5 Å². The molecular weight excluding hydrogens is 398 g/mol. The van der Waals surface area contributed by atoms with Gasteiger partial charge in [0.1, 0.15) is 11.2 Å². The van der Waals surface area contributed by atoms with E-state index in [2.05, 4.69) is 5.32 Å². The normalized spacial score (nSPS) is 11.0. The Hall–Kier alpha value is -3.45. The number of thiophene rings is 1. The van der Waals surface area contributed by atoms with Gasteiger partial charge in [0, 0.05) is 5.69 Å². The van der Waals surface area contributed by atoms with Gasteiger partial charge in [-0.1, -0.05) is 29.8 Å². The second-order valence-electron chi connectivity index (χ2n) is 7.35. The van der Waals surface area contributed by atoms with Crippen molar-refractivity contribution in [2.75, 3.05) is 5.32 Å². The van der Waals surface area contributed by atoms with Crippen LogP contribution in [0.3, 0.4) is 0 Å². The van der Waals surface area contributed by atoms with Crippen molar-refractivity contribution in [2.24, 2.45) is 0 Å². The van der Waals surface area contributed by atoms with E-state index in [1.54, 1.807) is 29.6 Å². The molecule has 2 aromatic carbocycles. The fourth-order valence-corrected chi connectivity index (χ4v) is 4.35. The molecule has 6 nitrogen and oxygen atoms in total. The molecule has 0 aliphatic heterocycles. The smallest absolute Gasteiger partial charge is 0.324 e. The van der Waals surface area contributed by atoms with E-state index in [4.69, 9.17) is 0 Å². The number of hydrogen-bond donors (Lipinski definition) is 1. The number of carbonyl (C=O) groups is 1. The van der Waals surface area contributed by atoms with Crippen molar-refractivity contribution in [2.45, 2.75) is 27.3 Å². The standard InChI is InChI=1S/C23H21N3O3S/c1-14-5-4-6-17(12-14)26-22(28)21-19(9-10-30-21)25(23(26)29)13-20(27)24-18-8-7-15(2)11-16(18)3/h4-12H,13H2,1-3H3,(H,24,27). The molecule has 0 aliphatic rings. The van der Waals surface area contributed by atoms with E-state index < -0.39 is 5.69 Å². The lowest BCUT2D eigenvalue weighted by Crippen LogP contribution is -2.40. The largest absolute Gasteiger partial charge is 0.336 e. The molecule has 4 rings (SSSR count). The molecule has 0 saturated heterocycles. The maximum Gasteiger partial charge on any atom is 0.336 e. The minimum Gasteiger partial charge on any atom is -0.324 e.